The lowest BCUT2D eigenvalue weighted by Gasteiger charge is -2.26. The average Bonchev–Trinajstić information content (AvgIpc) is 2.31. The van der Waals surface area contributed by atoms with Gasteiger partial charge in [-0.1, -0.05) is 31.9 Å². The summed E-state index contributed by atoms with van der Waals surface area (Å²) in [4.78, 5) is 12.1. The smallest absolute Gasteiger partial charge is 0.251 e. The van der Waals surface area contributed by atoms with E-state index >= 15 is 0 Å². The molecule has 0 atom stereocenters. The van der Waals surface area contributed by atoms with E-state index in [1.165, 1.54) is 0 Å². The third-order valence-electron chi connectivity index (χ3n) is 3.16. The average molecular weight is 377 g/mol. The van der Waals surface area contributed by atoms with E-state index in [0.29, 0.717) is 5.56 Å². The maximum absolute atomic E-state index is 12.1. The van der Waals surface area contributed by atoms with Crippen molar-refractivity contribution in [2.24, 2.45) is 0 Å². The lowest BCUT2D eigenvalue weighted by Crippen LogP contribution is -2.38. The lowest BCUT2D eigenvalue weighted by atomic mass is 9.93. The molecule has 0 aromatic heterocycles. The number of carbonyl (C=O) groups excluding carboxylic acids is 1. The first-order valence-electron chi connectivity index (χ1n) is 5.99. The monoisotopic (exact) mass is 375 g/mol. The number of hydrogen-bond acceptors (Lipinski definition) is 2. The molecule has 1 fully saturated rings. The van der Waals surface area contributed by atoms with E-state index in [2.05, 4.69) is 37.2 Å². The molecule has 0 bridgehead atoms. The molecule has 1 amide bonds. The zero-order chi connectivity index (χ0) is 13.1. The Morgan fingerprint density at radius 3 is 2.22 bits per heavy atom. The highest BCUT2D eigenvalue weighted by Gasteiger charge is 2.21. The minimum absolute atomic E-state index is 0.0570. The molecule has 5 heteroatoms. The molecule has 0 radical (unpaired) electrons. The van der Waals surface area contributed by atoms with E-state index in [9.17, 15) is 9.90 Å². The van der Waals surface area contributed by atoms with Gasteiger partial charge in [0, 0.05) is 20.6 Å². The van der Waals surface area contributed by atoms with E-state index in [1.54, 1.807) is 12.1 Å². The molecule has 0 unspecified atom stereocenters. The Labute approximate surface area is 123 Å². The molecule has 1 aliphatic rings. The first-order valence-corrected chi connectivity index (χ1v) is 7.58. The van der Waals surface area contributed by atoms with Gasteiger partial charge in [-0.05, 0) is 43.9 Å². The molecule has 0 saturated heterocycles. The number of amides is 1. The molecule has 1 saturated carbocycles. The van der Waals surface area contributed by atoms with Gasteiger partial charge in [0.05, 0.1) is 6.10 Å². The van der Waals surface area contributed by atoms with Crippen molar-refractivity contribution in [3.8, 4) is 0 Å². The van der Waals surface area contributed by atoms with Crippen LogP contribution >= 0.6 is 31.9 Å². The Balaban J connectivity index is 1.99. The Morgan fingerprint density at radius 1 is 1.11 bits per heavy atom. The molecule has 1 aliphatic carbocycles. The highest BCUT2D eigenvalue weighted by atomic mass is 79.9. The van der Waals surface area contributed by atoms with Crippen molar-refractivity contribution >= 4 is 37.8 Å². The van der Waals surface area contributed by atoms with Crippen molar-refractivity contribution in [1.29, 1.82) is 0 Å². The van der Waals surface area contributed by atoms with Crippen LogP contribution in [0, 0.1) is 0 Å². The third kappa shape index (κ3) is 3.80. The summed E-state index contributed by atoms with van der Waals surface area (Å²) in [5, 5.41) is 12.4. The van der Waals surface area contributed by atoms with Crippen LogP contribution < -0.4 is 5.32 Å². The highest BCUT2D eigenvalue weighted by Crippen LogP contribution is 2.22. The lowest BCUT2D eigenvalue weighted by molar-refractivity contribution is 0.0867. The zero-order valence-electron chi connectivity index (χ0n) is 9.83. The normalized spacial score (nSPS) is 23.7. The van der Waals surface area contributed by atoms with Gasteiger partial charge in [-0.15, -0.1) is 0 Å². The molecular weight excluding hydrogens is 362 g/mol. The number of halogens is 2. The summed E-state index contributed by atoms with van der Waals surface area (Å²) in [6.07, 6.45) is 3.04. The number of hydrogen-bond donors (Lipinski definition) is 2. The summed E-state index contributed by atoms with van der Waals surface area (Å²) in [7, 11) is 0. The van der Waals surface area contributed by atoms with E-state index < -0.39 is 0 Å². The predicted octanol–water partition coefficient (Wildman–Crippen LogP) is 3.24. The van der Waals surface area contributed by atoms with Crippen molar-refractivity contribution < 1.29 is 9.90 Å². The van der Waals surface area contributed by atoms with Crippen molar-refractivity contribution in [1.82, 2.24) is 5.32 Å². The Bertz CT molecular complexity index is 422. The van der Waals surface area contributed by atoms with Crippen molar-refractivity contribution in [2.75, 3.05) is 0 Å². The van der Waals surface area contributed by atoms with Gasteiger partial charge in [0.15, 0.2) is 0 Å². The summed E-state index contributed by atoms with van der Waals surface area (Å²) in [6.45, 7) is 0. The molecule has 98 valence electrons. The standard InChI is InChI=1S/C13H15Br2NO2/c14-9-5-8(6-10(15)7-9)13(18)16-11-1-3-12(17)4-2-11/h5-7,11-12,17H,1-4H2,(H,16,18). The van der Waals surface area contributed by atoms with Gasteiger partial charge in [0.1, 0.15) is 0 Å². The first-order chi connectivity index (χ1) is 8.54. The van der Waals surface area contributed by atoms with Crippen molar-refractivity contribution in [3.05, 3.63) is 32.7 Å². The Hall–Kier alpha value is -0.390. The second-order valence-corrected chi connectivity index (χ2v) is 6.47. The van der Waals surface area contributed by atoms with Crippen molar-refractivity contribution in [3.63, 3.8) is 0 Å². The van der Waals surface area contributed by atoms with Crippen LogP contribution in [0.2, 0.25) is 0 Å². The van der Waals surface area contributed by atoms with Crippen LogP contribution in [0.25, 0.3) is 0 Å². The summed E-state index contributed by atoms with van der Waals surface area (Å²) in [5.74, 6) is -0.0570. The van der Waals surface area contributed by atoms with Gasteiger partial charge < -0.3 is 10.4 Å². The SMILES string of the molecule is O=C(NC1CCC(O)CC1)c1cc(Br)cc(Br)c1. The van der Waals surface area contributed by atoms with E-state index in [1.807, 2.05) is 6.07 Å². The van der Waals surface area contributed by atoms with Gasteiger partial charge in [-0.2, -0.15) is 0 Å². The zero-order valence-corrected chi connectivity index (χ0v) is 13.0. The predicted molar refractivity (Wildman–Crippen MR) is 77.6 cm³/mol. The molecule has 0 spiro atoms. The number of benzene rings is 1. The van der Waals surface area contributed by atoms with E-state index in [4.69, 9.17) is 0 Å². The number of rotatable bonds is 2. The van der Waals surface area contributed by atoms with Crippen LogP contribution in [0.5, 0.6) is 0 Å². The molecule has 0 heterocycles. The number of nitrogens with one attached hydrogen (secondary N) is 1. The van der Waals surface area contributed by atoms with Crippen LogP contribution in [0.4, 0.5) is 0 Å². The van der Waals surface area contributed by atoms with Crippen LogP contribution in [0.1, 0.15) is 36.0 Å². The van der Waals surface area contributed by atoms with Gasteiger partial charge >= 0.3 is 0 Å². The van der Waals surface area contributed by atoms with Crippen LogP contribution in [0.15, 0.2) is 27.1 Å². The first kappa shape index (κ1) is 14.0. The summed E-state index contributed by atoms with van der Waals surface area (Å²) < 4.78 is 1.75. The molecule has 2 rings (SSSR count). The summed E-state index contributed by atoms with van der Waals surface area (Å²) >= 11 is 6.74. The van der Waals surface area contributed by atoms with Gasteiger partial charge in [0.25, 0.3) is 5.91 Å². The topological polar surface area (TPSA) is 49.3 Å². The van der Waals surface area contributed by atoms with Crippen molar-refractivity contribution in [2.45, 2.75) is 37.8 Å². The third-order valence-corrected chi connectivity index (χ3v) is 4.07. The Kier molecular flexibility index (Phi) is 4.81. The fourth-order valence-electron chi connectivity index (χ4n) is 2.17. The maximum atomic E-state index is 12.1. The molecule has 3 nitrogen and oxygen atoms in total. The second kappa shape index (κ2) is 6.17. The number of aliphatic hydroxyl groups is 1. The number of carbonyl (C=O) groups is 1. The molecule has 0 aliphatic heterocycles. The second-order valence-electron chi connectivity index (χ2n) is 4.64. The Morgan fingerprint density at radius 2 is 1.67 bits per heavy atom. The molecule has 2 N–H and O–H groups in total. The molecule has 1 aromatic rings. The summed E-state index contributed by atoms with van der Waals surface area (Å²) in [6, 6.07) is 5.68. The molecular formula is C13H15Br2NO2. The largest absolute Gasteiger partial charge is 0.393 e. The van der Waals surface area contributed by atoms with Gasteiger partial charge in [0.2, 0.25) is 0 Å². The van der Waals surface area contributed by atoms with Gasteiger partial charge in [-0.25, -0.2) is 0 Å². The molecule has 1 aromatic carbocycles. The van der Waals surface area contributed by atoms with E-state index in [-0.39, 0.29) is 18.1 Å². The van der Waals surface area contributed by atoms with Crippen LogP contribution in [-0.4, -0.2) is 23.2 Å². The van der Waals surface area contributed by atoms with Crippen LogP contribution in [-0.2, 0) is 0 Å². The number of aliphatic hydroxyl groups excluding tert-OH is 1. The van der Waals surface area contributed by atoms with Gasteiger partial charge in [-0.3, -0.25) is 4.79 Å². The fourth-order valence-corrected chi connectivity index (χ4v) is 3.47. The quantitative estimate of drug-likeness (QED) is 0.832. The minimum Gasteiger partial charge on any atom is -0.393 e. The minimum atomic E-state index is -0.196. The van der Waals surface area contributed by atoms with Crippen LogP contribution in [0.3, 0.4) is 0 Å². The summed E-state index contributed by atoms with van der Waals surface area (Å²) in [5.41, 5.74) is 0.641. The molecule has 18 heavy (non-hydrogen) atoms. The highest BCUT2D eigenvalue weighted by molar-refractivity contribution is 9.11. The maximum Gasteiger partial charge on any atom is 0.251 e. The fraction of sp³-hybridized carbons (Fsp3) is 0.462. The van der Waals surface area contributed by atoms with E-state index in [0.717, 1.165) is 34.6 Å².